The van der Waals surface area contributed by atoms with Gasteiger partial charge < -0.3 is 5.11 Å². The van der Waals surface area contributed by atoms with Crippen LogP contribution in [0, 0.1) is 5.92 Å². The molecule has 2 nitrogen and oxygen atoms in total. The average Bonchev–Trinajstić information content (AvgIpc) is 2.67. The van der Waals surface area contributed by atoms with Gasteiger partial charge in [0.1, 0.15) is 5.75 Å². The summed E-state index contributed by atoms with van der Waals surface area (Å²) in [6.07, 6.45) is 8.18. The molecule has 1 saturated heterocycles. The number of aromatic hydroxyl groups is 1. The minimum Gasteiger partial charge on any atom is -0.508 e. The van der Waals surface area contributed by atoms with Crippen LogP contribution >= 0.6 is 0 Å². The molecule has 2 fully saturated rings. The molecule has 1 aliphatic carbocycles. The number of phenols is 1. The summed E-state index contributed by atoms with van der Waals surface area (Å²) in [5.74, 6) is 0.843. The van der Waals surface area contributed by atoms with E-state index in [0.29, 0.717) is 17.7 Å². The maximum Gasteiger partial charge on any atom is 0.115 e. The van der Waals surface area contributed by atoms with E-state index in [9.17, 15) is 5.11 Å². The van der Waals surface area contributed by atoms with Gasteiger partial charge in [0.2, 0.25) is 0 Å². The molecule has 136 valence electrons. The fourth-order valence-electron chi connectivity index (χ4n) is 5.43. The number of rotatable bonds is 5. The Morgan fingerprint density at radius 1 is 1.12 bits per heavy atom. The molecule has 2 aromatic rings. The molecule has 0 aromatic heterocycles. The maximum atomic E-state index is 10.0. The molecule has 3 atom stereocenters. The van der Waals surface area contributed by atoms with E-state index in [0.717, 1.165) is 25.9 Å². The first-order valence-corrected chi connectivity index (χ1v) is 9.93. The third-order valence-electron chi connectivity index (χ3n) is 6.70. The third kappa shape index (κ3) is 3.07. The topological polar surface area (TPSA) is 23.5 Å². The van der Waals surface area contributed by atoms with Gasteiger partial charge in [-0.3, -0.25) is 4.90 Å². The first-order valence-electron chi connectivity index (χ1n) is 9.93. The summed E-state index contributed by atoms with van der Waals surface area (Å²) in [4.78, 5) is 2.69. The van der Waals surface area contributed by atoms with Gasteiger partial charge in [-0.2, -0.15) is 0 Å². The number of piperidine rings is 1. The largest absolute Gasteiger partial charge is 0.508 e. The Morgan fingerprint density at radius 2 is 1.96 bits per heavy atom. The Balaban J connectivity index is 1.57. The van der Waals surface area contributed by atoms with Gasteiger partial charge in [-0.15, -0.1) is 6.58 Å². The highest BCUT2D eigenvalue weighted by Gasteiger charge is 2.50. The Bertz CT molecular complexity index is 756. The molecule has 4 rings (SSSR count). The van der Waals surface area contributed by atoms with Crippen LogP contribution in [0.25, 0.3) is 0 Å². The number of likely N-dealkylation sites (tertiary alicyclic amines) is 1. The molecular weight excluding hydrogens is 318 g/mol. The van der Waals surface area contributed by atoms with Crippen molar-refractivity contribution in [2.75, 3.05) is 13.1 Å². The highest BCUT2D eigenvalue weighted by molar-refractivity contribution is 5.37. The number of hydrogen-bond acceptors (Lipinski definition) is 2. The zero-order valence-electron chi connectivity index (χ0n) is 15.5. The monoisotopic (exact) mass is 347 g/mol. The van der Waals surface area contributed by atoms with Crippen molar-refractivity contribution in [2.24, 2.45) is 5.92 Å². The SMILES string of the molecule is C=C[C@H]1[C@H]2CCC[C@]1(c1cccc(O)c1)CCN2CCc1ccccc1. The fraction of sp³-hybridized carbons (Fsp3) is 0.417. The number of phenolic OH excluding ortho intramolecular Hbond substituents is 1. The highest BCUT2D eigenvalue weighted by atomic mass is 16.3. The zero-order valence-corrected chi connectivity index (χ0v) is 15.5. The van der Waals surface area contributed by atoms with Gasteiger partial charge in [0.15, 0.2) is 0 Å². The molecule has 1 heterocycles. The summed E-state index contributed by atoms with van der Waals surface area (Å²) in [6.45, 7) is 6.48. The molecule has 0 spiro atoms. The van der Waals surface area contributed by atoms with Crippen molar-refractivity contribution in [3.05, 3.63) is 78.4 Å². The predicted octanol–water partition coefficient (Wildman–Crippen LogP) is 4.93. The van der Waals surface area contributed by atoms with Gasteiger partial charge in [-0.1, -0.05) is 55.0 Å². The Hall–Kier alpha value is -2.06. The van der Waals surface area contributed by atoms with Gasteiger partial charge in [0.05, 0.1) is 0 Å². The van der Waals surface area contributed by atoms with Crippen molar-refractivity contribution >= 4 is 0 Å². The van der Waals surface area contributed by atoms with Crippen molar-refractivity contribution in [3.8, 4) is 5.75 Å². The Morgan fingerprint density at radius 3 is 2.73 bits per heavy atom. The lowest BCUT2D eigenvalue weighted by atomic mass is 9.57. The van der Waals surface area contributed by atoms with Crippen LogP contribution in [0.1, 0.15) is 36.8 Å². The number of fused-ring (bicyclic) bond motifs is 2. The molecule has 2 aliphatic rings. The molecule has 2 aromatic carbocycles. The number of benzene rings is 2. The second-order valence-electron chi connectivity index (χ2n) is 7.95. The van der Waals surface area contributed by atoms with Gasteiger partial charge >= 0.3 is 0 Å². The van der Waals surface area contributed by atoms with Crippen molar-refractivity contribution in [1.82, 2.24) is 4.90 Å². The molecule has 2 heteroatoms. The van der Waals surface area contributed by atoms with Crippen LogP contribution in [0.2, 0.25) is 0 Å². The van der Waals surface area contributed by atoms with E-state index >= 15 is 0 Å². The van der Waals surface area contributed by atoms with E-state index < -0.39 is 0 Å². The van der Waals surface area contributed by atoms with E-state index in [1.165, 1.54) is 30.4 Å². The highest BCUT2D eigenvalue weighted by Crippen LogP contribution is 2.51. The first kappa shape index (κ1) is 17.4. The van der Waals surface area contributed by atoms with Crippen LogP contribution in [0.3, 0.4) is 0 Å². The summed E-state index contributed by atoms with van der Waals surface area (Å²) in [7, 11) is 0. The van der Waals surface area contributed by atoms with Gasteiger partial charge in [0, 0.05) is 23.9 Å². The van der Waals surface area contributed by atoms with Gasteiger partial charge in [-0.25, -0.2) is 0 Å². The molecular formula is C24H29NO. The van der Waals surface area contributed by atoms with Crippen LogP contribution in [0.15, 0.2) is 67.3 Å². The molecule has 0 amide bonds. The summed E-state index contributed by atoms with van der Waals surface area (Å²) >= 11 is 0. The summed E-state index contributed by atoms with van der Waals surface area (Å²) < 4.78 is 0. The normalized spacial score (nSPS) is 28.6. The van der Waals surface area contributed by atoms with Crippen molar-refractivity contribution in [1.29, 1.82) is 0 Å². The summed E-state index contributed by atoms with van der Waals surface area (Å²) in [6, 6.07) is 19.3. The van der Waals surface area contributed by atoms with Crippen LogP contribution in [0.4, 0.5) is 0 Å². The lowest BCUT2D eigenvalue weighted by Crippen LogP contribution is -2.58. The lowest BCUT2D eigenvalue weighted by molar-refractivity contribution is 0.0115. The van der Waals surface area contributed by atoms with E-state index in [1.807, 2.05) is 12.1 Å². The molecule has 1 N–H and O–H groups in total. The van der Waals surface area contributed by atoms with Crippen molar-refractivity contribution in [3.63, 3.8) is 0 Å². The standard InChI is InChI=1S/C24H29NO/c1-2-22-23-12-7-14-24(22,20-10-6-11-21(26)18-20)15-17-25(23)16-13-19-8-4-3-5-9-19/h2-6,8-11,18,22-23,26H,1,7,12-17H2/t22-,23+,24+/m0/s1. The van der Waals surface area contributed by atoms with E-state index in [-0.39, 0.29) is 5.41 Å². The minimum atomic E-state index is 0.145. The lowest BCUT2D eigenvalue weighted by Gasteiger charge is -2.56. The molecule has 26 heavy (non-hydrogen) atoms. The second kappa shape index (κ2) is 7.28. The van der Waals surface area contributed by atoms with Crippen LogP contribution in [-0.4, -0.2) is 29.1 Å². The molecule has 2 bridgehead atoms. The number of nitrogens with zero attached hydrogens (tertiary/aromatic N) is 1. The molecule has 0 unspecified atom stereocenters. The van der Waals surface area contributed by atoms with Crippen LogP contribution in [-0.2, 0) is 11.8 Å². The summed E-state index contributed by atoms with van der Waals surface area (Å²) in [5.41, 5.74) is 2.87. The van der Waals surface area contributed by atoms with Gasteiger partial charge in [-0.05, 0) is 55.5 Å². The first-order chi connectivity index (χ1) is 12.7. The van der Waals surface area contributed by atoms with Crippen LogP contribution in [0.5, 0.6) is 5.75 Å². The Kier molecular flexibility index (Phi) is 4.86. The molecule has 1 saturated carbocycles. The van der Waals surface area contributed by atoms with Crippen molar-refractivity contribution in [2.45, 2.75) is 43.6 Å². The van der Waals surface area contributed by atoms with Crippen LogP contribution < -0.4 is 0 Å². The zero-order chi connectivity index (χ0) is 18.0. The quantitative estimate of drug-likeness (QED) is 0.775. The van der Waals surface area contributed by atoms with E-state index in [4.69, 9.17) is 0 Å². The van der Waals surface area contributed by atoms with Crippen molar-refractivity contribution < 1.29 is 5.11 Å². The average molecular weight is 348 g/mol. The Labute approximate surface area is 157 Å². The van der Waals surface area contributed by atoms with E-state index in [1.54, 1.807) is 6.07 Å². The molecule has 1 aliphatic heterocycles. The fourth-order valence-corrected chi connectivity index (χ4v) is 5.43. The summed E-state index contributed by atoms with van der Waals surface area (Å²) in [5, 5.41) is 10.0. The van der Waals surface area contributed by atoms with E-state index in [2.05, 4.69) is 54.0 Å². The predicted molar refractivity (Wildman–Crippen MR) is 107 cm³/mol. The molecule has 0 radical (unpaired) electrons. The number of hydrogen-bond donors (Lipinski definition) is 1. The maximum absolute atomic E-state index is 10.0. The van der Waals surface area contributed by atoms with Gasteiger partial charge in [0.25, 0.3) is 0 Å². The third-order valence-corrected chi connectivity index (χ3v) is 6.70. The second-order valence-corrected chi connectivity index (χ2v) is 7.95. The smallest absolute Gasteiger partial charge is 0.115 e. The minimum absolute atomic E-state index is 0.145.